The molecule has 1 aromatic carbocycles. The molecule has 24 heavy (non-hydrogen) atoms. The quantitative estimate of drug-likeness (QED) is 0.849. The number of morpholine rings is 1. The smallest absolute Gasteiger partial charge is 0.254 e. The molecule has 2 saturated heterocycles. The summed E-state index contributed by atoms with van der Waals surface area (Å²) < 4.78 is 11.1. The first kappa shape index (κ1) is 17.2. The van der Waals surface area contributed by atoms with Gasteiger partial charge in [-0.15, -0.1) is 0 Å². The van der Waals surface area contributed by atoms with E-state index in [1.54, 1.807) is 7.11 Å². The lowest BCUT2D eigenvalue weighted by Crippen LogP contribution is -2.50. The Labute approximate surface area is 144 Å². The fraction of sp³-hybridized carbons (Fsp3) is 0.632. The standard InChI is InChI=1S/C19H28N2O3/c1-14-11-20(12-15(2)24-14)13-17-7-5-9-21(17)19(22)16-6-4-8-18(10-16)23-3/h4,6,8,10,14-15,17H,5,7,9,11-13H2,1-3H3/t14-,15+,17-/m0/s1. The Balaban J connectivity index is 1.67. The van der Waals surface area contributed by atoms with Gasteiger partial charge in [-0.05, 0) is 44.9 Å². The summed E-state index contributed by atoms with van der Waals surface area (Å²) in [6.07, 6.45) is 2.68. The second-order valence-corrected chi connectivity index (χ2v) is 7.00. The summed E-state index contributed by atoms with van der Waals surface area (Å²) in [5.74, 6) is 0.846. The van der Waals surface area contributed by atoms with Crippen molar-refractivity contribution in [2.45, 2.75) is 44.9 Å². The van der Waals surface area contributed by atoms with Crippen molar-refractivity contribution in [2.24, 2.45) is 0 Å². The average molecular weight is 332 g/mol. The summed E-state index contributed by atoms with van der Waals surface area (Å²) in [6.45, 7) is 7.92. The predicted octanol–water partition coefficient (Wildman–Crippen LogP) is 2.41. The van der Waals surface area contributed by atoms with Gasteiger partial charge in [0, 0.05) is 37.8 Å². The molecule has 3 atom stereocenters. The summed E-state index contributed by atoms with van der Waals surface area (Å²) in [4.78, 5) is 17.4. The van der Waals surface area contributed by atoms with Crippen molar-refractivity contribution in [3.8, 4) is 5.75 Å². The number of amides is 1. The minimum Gasteiger partial charge on any atom is -0.497 e. The first-order chi connectivity index (χ1) is 11.6. The Kier molecular flexibility index (Phi) is 5.41. The number of carbonyl (C=O) groups is 1. The van der Waals surface area contributed by atoms with Gasteiger partial charge in [0.15, 0.2) is 0 Å². The molecule has 2 aliphatic rings. The average Bonchev–Trinajstić information content (AvgIpc) is 3.01. The van der Waals surface area contributed by atoms with Crippen LogP contribution in [0.3, 0.4) is 0 Å². The Morgan fingerprint density at radius 3 is 2.75 bits per heavy atom. The zero-order valence-corrected chi connectivity index (χ0v) is 14.9. The number of carbonyl (C=O) groups excluding carboxylic acids is 1. The lowest BCUT2D eigenvalue weighted by molar-refractivity contribution is -0.0715. The molecule has 2 aliphatic heterocycles. The monoisotopic (exact) mass is 332 g/mol. The molecule has 3 rings (SSSR count). The number of methoxy groups -OCH3 is 1. The van der Waals surface area contributed by atoms with E-state index in [1.165, 1.54) is 0 Å². The Bertz CT molecular complexity index is 567. The van der Waals surface area contributed by atoms with Crippen molar-refractivity contribution in [3.05, 3.63) is 29.8 Å². The van der Waals surface area contributed by atoms with Gasteiger partial charge in [-0.3, -0.25) is 9.69 Å². The molecule has 132 valence electrons. The van der Waals surface area contributed by atoms with Crippen LogP contribution in [0.25, 0.3) is 0 Å². The topological polar surface area (TPSA) is 42.0 Å². The molecular weight excluding hydrogens is 304 g/mol. The fourth-order valence-electron chi connectivity index (χ4n) is 3.95. The third-order valence-corrected chi connectivity index (χ3v) is 4.92. The highest BCUT2D eigenvalue weighted by Gasteiger charge is 2.32. The van der Waals surface area contributed by atoms with Gasteiger partial charge >= 0.3 is 0 Å². The van der Waals surface area contributed by atoms with E-state index in [-0.39, 0.29) is 18.1 Å². The van der Waals surface area contributed by atoms with E-state index in [0.29, 0.717) is 11.6 Å². The van der Waals surface area contributed by atoms with Crippen molar-refractivity contribution >= 4 is 5.91 Å². The lowest BCUT2D eigenvalue weighted by atomic mass is 10.1. The molecule has 2 heterocycles. The number of rotatable bonds is 4. The highest BCUT2D eigenvalue weighted by atomic mass is 16.5. The number of benzene rings is 1. The summed E-state index contributed by atoms with van der Waals surface area (Å²) in [5, 5.41) is 0. The van der Waals surface area contributed by atoms with Crippen LogP contribution in [-0.4, -0.2) is 67.2 Å². The largest absolute Gasteiger partial charge is 0.497 e. The molecular formula is C19H28N2O3. The molecule has 1 amide bonds. The van der Waals surface area contributed by atoms with Crippen molar-refractivity contribution in [3.63, 3.8) is 0 Å². The molecule has 0 aromatic heterocycles. The molecule has 0 aliphatic carbocycles. The number of nitrogens with zero attached hydrogens (tertiary/aromatic N) is 2. The van der Waals surface area contributed by atoms with Crippen molar-refractivity contribution in [2.75, 3.05) is 33.3 Å². The molecule has 0 N–H and O–H groups in total. The van der Waals surface area contributed by atoms with Gasteiger partial charge in [0.1, 0.15) is 5.75 Å². The third-order valence-electron chi connectivity index (χ3n) is 4.92. The summed E-state index contributed by atoms with van der Waals surface area (Å²) in [5.41, 5.74) is 0.713. The zero-order chi connectivity index (χ0) is 17.1. The maximum atomic E-state index is 12.9. The van der Waals surface area contributed by atoms with Gasteiger partial charge in [-0.2, -0.15) is 0 Å². The third kappa shape index (κ3) is 3.90. The first-order valence-corrected chi connectivity index (χ1v) is 8.89. The van der Waals surface area contributed by atoms with E-state index in [0.717, 1.165) is 44.8 Å². The second kappa shape index (κ2) is 7.53. The van der Waals surface area contributed by atoms with Crippen LogP contribution in [0.15, 0.2) is 24.3 Å². The van der Waals surface area contributed by atoms with E-state index < -0.39 is 0 Å². The molecule has 2 fully saturated rings. The zero-order valence-electron chi connectivity index (χ0n) is 14.9. The first-order valence-electron chi connectivity index (χ1n) is 8.89. The van der Waals surface area contributed by atoms with Crippen LogP contribution < -0.4 is 4.74 Å². The highest BCUT2D eigenvalue weighted by molar-refractivity contribution is 5.95. The predicted molar refractivity (Wildman–Crippen MR) is 93.5 cm³/mol. The number of likely N-dealkylation sites (tertiary alicyclic amines) is 1. The minimum atomic E-state index is 0.116. The van der Waals surface area contributed by atoms with Crippen LogP contribution in [0.1, 0.15) is 37.0 Å². The number of ether oxygens (including phenoxy) is 2. The SMILES string of the molecule is COc1cccc(C(=O)N2CCC[C@H]2CN2C[C@@H](C)O[C@@H](C)C2)c1. The van der Waals surface area contributed by atoms with Crippen molar-refractivity contribution in [1.82, 2.24) is 9.80 Å². The van der Waals surface area contributed by atoms with Gasteiger partial charge in [0.2, 0.25) is 0 Å². The van der Waals surface area contributed by atoms with Gasteiger partial charge in [0.25, 0.3) is 5.91 Å². The highest BCUT2D eigenvalue weighted by Crippen LogP contribution is 2.24. The summed E-state index contributed by atoms with van der Waals surface area (Å²) >= 11 is 0. The molecule has 0 bridgehead atoms. The van der Waals surface area contributed by atoms with Gasteiger partial charge in [-0.25, -0.2) is 0 Å². The van der Waals surface area contributed by atoms with E-state index in [9.17, 15) is 4.79 Å². The van der Waals surface area contributed by atoms with Crippen LogP contribution in [0.4, 0.5) is 0 Å². The van der Waals surface area contributed by atoms with Crippen molar-refractivity contribution in [1.29, 1.82) is 0 Å². The number of hydrogen-bond acceptors (Lipinski definition) is 4. The molecule has 0 radical (unpaired) electrons. The summed E-state index contributed by atoms with van der Waals surface area (Å²) in [7, 11) is 1.63. The fourth-order valence-corrected chi connectivity index (χ4v) is 3.95. The van der Waals surface area contributed by atoms with E-state index in [1.807, 2.05) is 29.2 Å². The Morgan fingerprint density at radius 1 is 1.29 bits per heavy atom. The Morgan fingerprint density at radius 2 is 2.04 bits per heavy atom. The van der Waals surface area contributed by atoms with Crippen LogP contribution in [-0.2, 0) is 4.74 Å². The van der Waals surface area contributed by atoms with Crippen molar-refractivity contribution < 1.29 is 14.3 Å². The molecule has 0 saturated carbocycles. The minimum absolute atomic E-state index is 0.116. The normalized spacial score (nSPS) is 28.1. The van der Waals surface area contributed by atoms with Crippen LogP contribution in [0.2, 0.25) is 0 Å². The van der Waals surface area contributed by atoms with E-state index in [2.05, 4.69) is 18.7 Å². The maximum absolute atomic E-state index is 12.9. The number of hydrogen-bond donors (Lipinski definition) is 0. The van der Waals surface area contributed by atoms with Crippen LogP contribution in [0, 0.1) is 0 Å². The molecule has 5 heteroatoms. The second-order valence-electron chi connectivity index (χ2n) is 7.00. The van der Waals surface area contributed by atoms with Crippen LogP contribution >= 0.6 is 0 Å². The van der Waals surface area contributed by atoms with Crippen LogP contribution in [0.5, 0.6) is 5.75 Å². The van der Waals surface area contributed by atoms with Gasteiger partial charge in [0.05, 0.1) is 19.3 Å². The maximum Gasteiger partial charge on any atom is 0.254 e. The molecule has 5 nitrogen and oxygen atoms in total. The summed E-state index contributed by atoms with van der Waals surface area (Å²) in [6, 6.07) is 7.74. The molecule has 0 spiro atoms. The molecule has 0 unspecified atom stereocenters. The van der Waals surface area contributed by atoms with E-state index in [4.69, 9.17) is 9.47 Å². The molecule has 1 aromatic rings. The Hall–Kier alpha value is -1.59. The van der Waals surface area contributed by atoms with Gasteiger partial charge in [-0.1, -0.05) is 6.07 Å². The van der Waals surface area contributed by atoms with E-state index >= 15 is 0 Å². The van der Waals surface area contributed by atoms with Gasteiger partial charge < -0.3 is 14.4 Å². The lowest BCUT2D eigenvalue weighted by Gasteiger charge is -2.38.